The van der Waals surface area contributed by atoms with Crippen molar-refractivity contribution in [2.75, 3.05) is 0 Å². The summed E-state index contributed by atoms with van der Waals surface area (Å²) in [5.41, 5.74) is 12.6. The standard InChI is InChI=1S/C37H20Br2S/c38-21-13-15-26-23-7-1-2-8-24(23)27-16-14-22(39)18-33(27)37(32(26)17-21)31-11-5-3-9-25(31)29-19-30-28-10-4-6-12-35(28)40-36(30)20-34(29)37/h1-20H. The Labute approximate surface area is 253 Å². The molecule has 0 saturated carbocycles. The fourth-order valence-electron chi connectivity index (χ4n) is 7.30. The van der Waals surface area contributed by atoms with E-state index in [2.05, 4.69) is 153 Å². The van der Waals surface area contributed by atoms with Crippen LogP contribution in [0.3, 0.4) is 0 Å². The molecule has 0 N–H and O–H groups in total. The highest BCUT2D eigenvalue weighted by molar-refractivity contribution is 9.10. The largest absolute Gasteiger partial charge is 0.135 e. The second kappa shape index (κ2) is 8.27. The summed E-state index contributed by atoms with van der Waals surface area (Å²) in [4.78, 5) is 0. The molecule has 0 fully saturated rings. The van der Waals surface area contributed by atoms with E-state index >= 15 is 0 Å². The van der Waals surface area contributed by atoms with Crippen LogP contribution >= 0.6 is 43.2 Å². The fraction of sp³-hybridized carbons (Fsp3) is 0.0270. The van der Waals surface area contributed by atoms with Crippen molar-refractivity contribution in [2.45, 2.75) is 5.41 Å². The normalized spacial score (nSPS) is 13.9. The summed E-state index contributed by atoms with van der Waals surface area (Å²) in [6.45, 7) is 0. The van der Waals surface area contributed by atoms with Crippen LogP contribution in [0, 0.1) is 0 Å². The molecule has 2 aliphatic rings. The monoisotopic (exact) mass is 654 g/mol. The zero-order valence-electron chi connectivity index (χ0n) is 21.2. The number of hydrogen-bond acceptors (Lipinski definition) is 1. The number of benzene rings is 6. The van der Waals surface area contributed by atoms with Gasteiger partial charge in [0.25, 0.3) is 0 Å². The Morgan fingerprint density at radius 2 is 0.950 bits per heavy atom. The molecule has 2 aliphatic carbocycles. The molecule has 7 aromatic rings. The molecule has 40 heavy (non-hydrogen) atoms. The summed E-state index contributed by atoms with van der Waals surface area (Å²) >= 11 is 9.65. The third-order valence-corrected chi connectivity index (χ3v) is 10.9. The Balaban J connectivity index is 1.55. The van der Waals surface area contributed by atoms with Gasteiger partial charge in [0.1, 0.15) is 0 Å². The first kappa shape index (κ1) is 23.2. The predicted octanol–water partition coefficient (Wildman–Crippen LogP) is 11.6. The number of fused-ring (bicyclic) bond motifs is 15. The van der Waals surface area contributed by atoms with Crippen LogP contribution in [0.4, 0.5) is 0 Å². The van der Waals surface area contributed by atoms with Crippen molar-refractivity contribution in [3.05, 3.63) is 153 Å². The van der Waals surface area contributed by atoms with E-state index < -0.39 is 5.41 Å². The first-order chi connectivity index (χ1) is 19.6. The lowest BCUT2D eigenvalue weighted by molar-refractivity contribution is 0.775. The molecule has 1 heterocycles. The summed E-state index contributed by atoms with van der Waals surface area (Å²) in [5, 5.41) is 2.68. The zero-order valence-corrected chi connectivity index (χ0v) is 25.2. The minimum atomic E-state index is -0.479. The SMILES string of the molecule is Brc1ccc2c(c1)C1(c3cc(Br)ccc3-c3ccccc3-2)c2ccccc2-c2cc3c(cc21)sc1ccccc13. The van der Waals surface area contributed by atoms with Crippen molar-refractivity contribution in [3.8, 4) is 33.4 Å². The van der Waals surface area contributed by atoms with E-state index in [1.165, 1.54) is 75.8 Å². The quantitative estimate of drug-likeness (QED) is 0.152. The van der Waals surface area contributed by atoms with Crippen molar-refractivity contribution >= 4 is 63.4 Å². The van der Waals surface area contributed by atoms with Crippen LogP contribution in [-0.4, -0.2) is 0 Å². The molecule has 0 atom stereocenters. The molecule has 0 nitrogen and oxygen atoms in total. The van der Waals surface area contributed by atoms with Crippen LogP contribution in [0.2, 0.25) is 0 Å². The third-order valence-electron chi connectivity index (χ3n) is 8.82. The van der Waals surface area contributed by atoms with Gasteiger partial charge >= 0.3 is 0 Å². The molecule has 1 spiro atoms. The first-order valence-corrected chi connectivity index (χ1v) is 15.8. The van der Waals surface area contributed by atoms with E-state index in [1.807, 2.05) is 11.3 Å². The van der Waals surface area contributed by atoms with E-state index in [1.54, 1.807) is 0 Å². The Morgan fingerprint density at radius 3 is 1.65 bits per heavy atom. The molecule has 0 radical (unpaired) electrons. The summed E-state index contributed by atoms with van der Waals surface area (Å²) in [6.07, 6.45) is 0. The molecule has 0 amide bonds. The van der Waals surface area contributed by atoms with Crippen LogP contribution in [0.15, 0.2) is 130 Å². The van der Waals surface area contributed by atoms with Gasteiger partial charge in [-0.05, 0) is 98.1 Å². The smallest absolute Gasteiger partial charge is 0.0726 e. The van der Waals surface area contributed by atoms with Crippen molar-refractivity contribution < 1.29 is 0 Å². The number of thiophene rings is 1. The van der Waals surface area contributed by atoms with Gasteiger partial charge in [0.2, 0.25) is 0 Å². The van der Waals surface area contributed by atoms with E-state index in [0.717, 1.165) is 8.95 Å². The molecular formula is C37H20Br2S. The van der Waals surface area contributed by atoms with Gasteiger partial charge in [0.05, 0.1) is 5.41 Å². The van der Waals surface area contributed by atoms with Gasteiger partial charge in [-0.25, -0.2) is 0 Å². The lowest BCUT2D eigenvalue weighted by Crippen LogP contribution is -2.29. The van der Waals surface area contributed by atoms with Gasteiger partial charge in [0, 0.05) is 29.1 Å². The van der Waals surface area contributed by atoms with E-state index in [-0.39, 0.29) is 0 Å². The Kier molecular flexibility index (Phi) is 4.80. The minimum Gasteiger partial charge on any atom is -0.135 e. The average molecular weight is 656 g/mol. The highest BCUT2D eigenvalue weighted by Crippen LogP contribution is 2.62. The molecule has 0 unspecified atom stereocenters. The Hall–Kier alpha value is -3.50. The molecule has 6 aromatic carbocycles. The van der Waals surface area contributed by atoms with Gasteiger partial charge < -0.3 is 0 Å². The van der Waals surface area contributed by atoms with Crippen LogP contribution in [0.5, 0.6) is 0 Å². The van der Waals surface area contributed by atoms with Crippen molar-refractivity contribution in [3.63, 3.8) is 0 Å². The third kappa shape index (κ3) is 2.90. The summed E-state index contributed by atoms with van der Waals surface area (Å²) < 4.78 is 4.86. The van der Waals surface area contributed by atoms with Gasteiger partial charge in [-0.1, -0.05) is 111 Å². The molecular weight excluding hydrogens is 636 g/mol. The van der Waals surface area contributed by atoms with E-state index in [4.69, 9.17) is 0 Å². The summed E-state index contributed by atoms with van der Waals surface area (Å²) in [7, 11) is 0. The van der Waals surface area contributed by atoms with Gasteiger partial charge in [-0.15, -0.1) is 11.3 Å². The van der Waals surface area contributed by atoms with Crippen molar-refractivity contribution in [2.24, 2.45) is 0 Å². The van der Waals surface area contributed by atoms with Gasteiger partial charge in [0.15, 0.2) is 0 Å². The highest BCUT2D eigenvalue weighted by atomic mass is 79.9. The molecule has 3 heteroatoms. The van der Waals surface area contributed by atoms with Crippen LogP contribution < -0.4 is 0 Å². The predicted molar refractivity (Wildman–Crippen MR) is 176 cm³/mol. The summed E-state index contributed by atoms with van der Waals surface area (Å²) in [5.74, 6) is 0. The highest BCUT2D eigenvalue weighted by Gasteiger charge is 2.50. The maximum Gasteiger partial charge on any atom is 0.0726 e. The van der Waals surface area contributed by atoms with Crippen LogP contribution in [-0.2, 0) is 5.41 Å². The fourth-order valence-corrected chi connectivity index (χ4v) is 9.15. The van der Waals surface area contributed by atoms with Gasteiger partial charge in [-0.3, -0.25) is 0 Å². The maximum absolute atomic E-state index is 3.88. The lowest BCUT2D eigenvalue weighted by atomic mass is 9.66. The van der Waals surface area contributed by atoms with E-state index in [0.29, 0.717) is 0 Å². The lowest BCUT2D eigenvalue weighted by Gasteiger charge is -2.35. The van der Waals surface area contributed by atoms with E-state index in [9.17, 15) is 0 Å². The minimum absolute atomic E-state index is 0.479. The van der Waals surface area contributed by atoms with Crippen molar-refractivity contribution in [1.29, 1.82) is 0 Å². The van der Waals surface area contributed by atoms with Crippen LogP contribution in [0.25, 0.3) is 53.6 Å². The Morgan fingerprint density at radius 1 is 0.400 bits per heavy atom. The molecule has 1 aromatic heterocycles. The van der Waals surface area contributed by atoms with Crippen molar-refractivity contribution in [1.82, 2.24) is 0 Å². The molecule has 9 rings (SSSR count). The molecule has 0 bridgehead atoms. The first-order valence-electron chi connectivity index (χ1n) is 13.4. The Bertz CT molecular complexity index is 2130. The number of halogens is 2. The zero-order chi connectivity index (χ0) is 26.6. The average Bonchev–Trinajstić information content (AvgIpc) is 3.46. The maximum atomic E-state index is 3.88. The molecule has 188 valence electrons. The van der Waals surface area contributed by atoms with Crippen LogP contribution in [0.1, 0.15) is 22.3 Å². The molecule has 0 saturated heterocycles. The topological polar surface area (TPSA) is 0 Å². The second-order valence-corrected chi connectivity index (χ2v) is 13.6. The number of hydrogen-bond donors (Lipinski definition) is 0. The van der Waals surface area contributed by atoms with Gasteiger partial charge in [-0.2, -0.15) is 0 Å². The second-order valence-electron chi connectivity index (χ2n) is 10.7. The summed E-state index contributed by atoms with van der Waals surface area (Å²) in [6, 6.07) is 45.4. The number of rotatable bonds is 0. The molecule has 0 aliphatic heterocycles.